The minimum absolute atomic E-state index is 0.187. The van der Waals surface area contributed by atoms with Crippen LogP contribution in [0.15, 0.2) is 85.2 Å². The molecule has 0 spiro atoms. The fourth-order valence-corrected chi connectivity index (χ4v) is 3.37. The third-order valence-electron chi connectivity index (χ3n) is 4.99. The van der Waals surface area contributed by atoms with Crippen molar-refractivity contribution in [2.45, 2.75) is 0 Å². The lowest BCUT2D eigenvalue weighted by atomic mass is 10.2. The Hall–Kier alpha value is -4.53. The standard InChI is InChI=1S/C24H19FN6O2/c25-19-5-3-4-18(16-19)23-28-27-21-10-11-22(29-31(21)23)33-15-12-26-24(32)17-6-8-20(9-7-17)30-13-1-2-14-30/h1-11,13-14,16H,12,15H2,(H,26,32). The topological polar surface area (TPSA) is 86.3 Å². The number of nitrogens with one attached hydrogen (secondary N) is 1. The summed E-state index contributed by atoms with van der Waals surface area (Å²) in [6, 6.07) is 20.7. The van der Waals surface area contributed by atoms with Crippen molar-refractivity contribution >= 4 is 11.6 Å². The van der Waals surface area contributed by atoms with E-state index in [1.165, 1.54) is 16.6 Å². The van der Waals surface area contributed by atoms with Gasteiger partial charge in [0, 0.05) is 35.3 Å². The van der Waals surface area contributed by atoms with Gasteiger partial charge in [0.25, 0.3) is 5.91 Å². The molecule has 164 valence electrons. The zero-order valence-electron chi connectivity index (χ0n) is 17.4. The van der Waals surface area contributed by atoms with Gasteiger partial charge in [-0.1, -0.05) is 12.1 Å². The lowest BCUT2D eigenvalue weighted by molar-refractivity contribution is 0.0946. The second-order valence-electron chi connectivity index (χ2n) is 7.22. The van der Waals surface area contributed by atoms with Crippen molar-refractivity contribution in [3.63, 3.8) is 0 Å². The first-order valence-electron chi connectivity index (χ1n) is 10.3. The highest BCUT2D eigenvalue weighted by Gasteiger charge is 2.11. The van der Waals surface area contributed by atoms with Crippen LogP contribution in [-0.4, -0.2) is 43.4 Å². The van der Waals surface area contributed by atoms with Crippen molar-refractivity contribution in [3.8, 4) is 23.0 Å². The second kappa shape index (κ2) is 8.91. The number of carbonyl (C=O) groups excluding carboxylic acids is 1. The zero-order valence-corrected chi connectivity index (χ0v) is 17.4. The summed E-state index contributed by atoms with van der Waals surface area (Å²) in [5, 5.41) is 15.4. The molecule has 1 N–H and O–H groups in total. The number of halogens is 1. The number of ether oxygens (including phenoxy) is 1. The third kappa shape index (κ3) is 4.42. The summed E-state index contributed by atoms with van der Waals surface area (Å²) < 4.78 is 22.7. The van der Waals surface area contributed by atoms with E-state index < -0.39 is 0 Å². The number of aromatic nitrogens is 5. The average Bonchev–Trinajstić information content (AvgIpc) is 3.52. The summed E-state index contributed by atoms with van der Waals surface area (Å²) in [7, 11) is 0. The molecule has 8 nitrogen and oxygen atoms in total. The number of benzene rings is 2. The number of carbonyl (C=O) groups is 1. The molecule has 5 rings (SSSR count). The molecule has 0 unspecified atom stereocenters. The van der Waals surface area contributed by atoms with Crippen molar-refractivity contribution in [3.05, 3.63) is 96.6 Å². The van der Waals surface area contributed by atoms with Crippen LogP contribution < -0.4 is 10.1 Å². The molecule has 0 aliphatic rings. The molecule has 33 heavy (non-hydrogen) atoms. The van der Waals surface area contributed by atoms with Gasteiger partial charge in [-0.05, 0) is 54.6 Å². The lowest BCUT2D eigenvalue weighted by Crippen LogP contribution is -2.28. The van der Waals surface area contributed by atoms with Crippen molar-refractivity contribution < 1.29 is 13.9 Å². The van der Waals surface area contributed by atoms with Gasteiger partial charge in [0.2, 0.25) is 5.88 Å². The number of nitrogens with zero attached hydrogens (tertiary/aromatic N) is 5. The molecule has 0 radical (unpaired) electrons. The Morgan fingerprint density at radius 2 is 1.79 bits per heavy atom. The van der Waals surface area contributed by atoms with E-state index in [-0.39, 0.29) is 18.3 Å². The number of hydrogen-bond donors (Lipinski definition) is 1. The van der Waals surface area contributed by atoms with Crippen molar-refractivity contribution in [1.82, 2.24) is 29.7 Å². The van der Waals surface area contributed by atoms with Gasteiger partial charge in [-0.2, -0.15) is 4.52 Å². The van der Waals surface area contributed by atoms with Crippen LogP contribution in [0.4, 0.5) is 4.39 Å². The fraction of sp³-hybridized carbons (Fsp3) is 0.0833. The maximum absolute atomic E-state index is 13.6. The SMILES string of the molecule is O=C(NCCOc1ccc2nnc(-c3cccc(F)c3)n2n1)c1ccc(-n2cccc2)cc1. The molecule has 0 atom stereocenters. The Bertz CT molecular complexity index is 1400. The van der Waals surface area contributed by atoms with Gasteiger partial charge in [0.1, 0.15) is 12.4 Å². The van der Waals surface area contributed by atoms with Gasteiger partial charge in [-0.3, -0.25) is 4.79 Å². The molecule has 0 aliphatic heterocycles. The summed E-state index contributed by atoms with van der Waals surface area (Å²) in [6.45, 7) is 0.528. The second-order valence-corrected chi connectivity index (χ2v) is 7.22. The van der Waals surface area contributed by atoms with Crippen LogP contribution in [0.2, 0.25) is 0 Å². The number of fused-ring (bicyclic) bond motifs is 1. The Balaban J connectivity index is 1.19. The molecule has 1 amide bonds. The normalized spacial score (nSPS) is 10.9. The number of hydrogen-bond acceptors (Lipinski definition) is 5. The largest absolute Gasteiger partial charge is 0.475 e. The van der Waals surface area contributed by atoms with Gasteiger partial charge >= 0.3 is 0 Å². The highest BCUT2D eigenvalue weighted by Crippen LogP contribution is 2.19. The number of rotatable bonds is 7. The Kier molecular flexibility index (Phi) is 5.50. The molecular formula is C24H19FN6O2. The van der Waals surface area contributed by atoms with E-state index in [2.05, 4.69) is 20.6 Å². The minimum atomic E-state index is -0.369. The zero-order chi connectivity index (χ0) is 22.6. The summed E-state index contributed by atoms with van der Waals surface area (Å²) in [5.74, 6) is 0.192. The van der Waals surface area contributed by atoms with Crippen LogP contribution in [0.25, 0.3) is 22.7 Å². The molecule has 5 aromatic rings. The first-order valence-corrected chi connectivity index (χ1v) is 10.3. The average molecular weight is 442 g/mol. The minimum Gasteiger partial charge on any atom is -0.475 e. The first kappa shape index (κ1) is 20.4. The van der Waals surface area contributed by atoms with Crippen LogP contribution in [0.3, 0.4) is 0 Å². The molecule has 0 fully saturated rings. The predicted molar refractivity (Wildman–Crippen MR) is 120 cm³/mol. The maximum atomic E-state index is 13.6. The van der Waals surface area contributed by atoms with E-state index in [1.807, 2.05) is 41.2 Å². The molecule has 0 aliphatic carbocycles. The van der Waals surface area contributed by atoms with Crippen LogP contribution in [0.5, 0.6) is 5.88 Å². The van der Waals surface area contributed by atoms with E-state index in [0.29, 0.717) is 35.0 Å². The van der Waals surface area contributed by atoms with E-state index in [9.17, 15) is 9.18 Å². The summed E-state index contributed by atoms with van der Waals surface area (Å²) in [5.41, 5.74) is 2.61. The quantitative estimate of drug-likeness (QED) is 0.390. The molecule has 3 aromatic heterocycles. The summed E-state index contributed by atoms with van der Waals surface area (Å²) >= 11 is 0. The molecular weight excluding hydrogens is 423 g/mol. The maximum Gasteiger partial charge on any atom is 0.251 e. The highest BCUT2D eigenvalue weighted by molar-refractivity contribution is 5.94. The van der Waals surface area contributed by atoms with Crippen LogP contribution in [-0.2, 0) is 0 Å². The third-order valence-corrected chi connectivity index (χ3v) is 4.99. The van der Waals surface area contributed by atoms with Crippen molar-refractivity contribution in [1.29, 1.82) is 0 Å². The molecule has 3 heterocycles. The first-order chi connectivity index (χ1) is 16.2. The van der Waals surface area contributed by atoms with Crippen molar-refractivity contribution in [2.75, 3.05) is 13.2 Å². The molecule has 2 aromatic carbocycles. The van der Waals surface area contributed by atoms with Gasteiger partial charge in [-0.15, -0.1) is 15.3 Å². The summed E-state index contributed by atoms with van der Waals surface area (Å²) in [4.78, 5) is 12.4. The highest BCUT2D eigenvalue weighted by atomic mass is 19.1. The van der Waals surface area contributed by atoms with Crippen molar-refractivity contribution in [2.24, 2.45) is 0 Å². The molecule has 0 bridgehead atoms. The lowest BCUT2D eigenvalue weighted by Gasteiger charge is -2.08. The Morgan fingerprint density at radius 1 is 0.970 bits per heavy atom. The van der Waals surface area contributed by atoms with E-state index in [0.717, 1.165) is 5.69 Å². The van der Waals surface area contributed by atoms with Crippen LogP contribution in [0.1, 0.15) is 10.4 Å². The summed E-state index contributed by atoms with van der Waals surface area (Å²) in [6.07, 6.45) is 3.89. The van der Waals surface area contributed by atoms with Gasteiger partial charge in [0.15, 0.2) is 11.5 Å². The Morgan fingerprint density at radius 3 is 2.58 bits per heavy atom. The van der Waals surface area contributed by atoms with Gasteiger partial charge in [-0.25, -0.2) is 4.39 Å². The van der Waals surface area contributed by atoms with E-state index in [4.69, 9.17) is 4.74 Å². The number of amides is 1. The fourth-order valence-electron chi connectivity index (χ4n) is 3.37. The Labute approximate surface area is 188 Å². The molecule has 9 heteroatoms. The smallest absolute Gasteiger partial charge is 0.251 e. The van der Waals surface area contributed by atoms with Gasteiger partial charge in [0.05, 0.1) is 6.54 Å². The van der Waals surface area contributed by atoms with E-state index >= 15 is 0 Å². The molecule has 0 saturated heterocycles. The van der Waals surface area contributed by atoms with E-state index in [1.54, 1.807) is 36.4 Å². The van der Waals surface area contributed by atoms with Crippen LogP contribution >= 0.6 is 0 Å². The van der Waals surface area contributed by atoms with Crippen LogP contribution in [0, 0.1) is 5.82 Å². The van der Waals surface area contributed by atoms with Gasteiger partial charge < -0.3 is 14.6 Å². The predicted octanol–water partition coefficient (Wildman–Crippen LogP) is 3.53. The molecule has 0 saturated carbocycles. The monoisotopic (exact) mass is 442 g/mol.